The van der Waals surface area contributed by atoms with Gasteiger partial charge in [-0.1, -0.05) is 31.9 Å². The topological polar surface area (TPSA) is 97.0 Å². The molecule has 1 aliphatic heterocycles. The molecule has 0 radical (unpaired) electrons. The Morgan fingerprint density at radius 2 is 1.83 bits per heavy atom. The van der Waals surface area contributed by atoms with Crippen LogP contribution in [0.15, 0.2) is 48.5 Å². The monoisotopic (exact) mass is 411 g/mol. The van der Waals surface area contributed by atoms with Gasteiger partial charge in [0, 0.05) is 5.56 Å². The number of amides is 3. The summed E-state index contributed by atoms with van der Waals surface area (Å²) in [6, 6.07) is 13.6. The lowest BCUT2D eigenvalue weighted by molar-refractivity contribution is -0.125. The molecule has 1 heterocycles. The van der Waals surface area contributed by atoms with Crippen molar-refractivity contribution in [1.82, 2.24) is 10.9 Å². The van der Waals surface area contributed by atoms with Gasteiger partial charge in [-0.3, -0.25) is 30.1 Å². The maximum Gasteiger partial charge on any atom is 0.269 e. The van der Waals surface area contributed by atoms with Gasteiger partial charge in [0.1, 0.15) is 18.0 Å². The molecule has 2 aromatic carbocycles. The number of hydrazine groups is 1. The molecule has 0 bridgehead atoms. The van der Waals surface area contributed by atoms with Crippen molar-refractivity contribution >= 4 is 23.4 Å². The fraction of sp³-hybridized carbons (Fsp3) is 0.318. The zero-order chi connectivity index (χ0) is 21.3. The van der Waals surface area contributed by atoms with Crippen LogP contribution in [0.2, 0.25) is 0 Å². The standard InChI is InChI=1S/C22H25N3O5/c1-2-3-6-13-29-17-11-9-16(10-12-17)22(28)24-23-20(26)14-25-18-7-4-5-8-19(18)30-15-21(25)27/h4-5,7-12H,2-3,6,13-15H2,1H3,(H,23,26)(H,24,28). The zero-order valence-corrected chi connectivity index (χ0v) is 16.8. The second-order valence-electron chi connectivity index (χ2n) is 6.82. The van der Waals surface area contributed by atoms with Crippen molar-refractivity contribution in [3.05, 3.63) is 54.1 Å². The minimum Gasteiger partial charge on any atom is -0.494 e. The molecule has 0 fully saturated rings. The molecule has 8 nitrogen and oxygen atoms in total. The molecule has 0 aliphatic carbocycles. The molecule has 158 valence electrons. The number of hydrogen-bond donors (Lipinski definition) is 2. The first-order valence-corrected chi connectivity index (χ1v) is 9.92. The molecule has 2 N–H and O–H groups in total. The molecule has 0 unspecified atom stereocenters. The summed E-state index contributed by atoms with van der Waals surface area (Å²) in [5.74, 6) is -0.0920. The number of carbonyl (C=O) groups excluding carboxylic acids is 3. The first-order valence-electron chi connectivity index (χ1n) is 9.92. The maximum absolute atomic E-state index is 12.2. The third-order valence-corrected chi connectivity index (χ3v) is 4.56. The van der Waals surface area contributed by atoms with E-state index >= 15 is 0 Å². The summed E-state index contributed by atoms with van der Waals surface area (Å²) in [6.45, 7) is 2.40. The van der Waals surface area contributed by atoms with Crippen LogP contribution in [0.3, 0.4) is 0 Å². The smallest absolute Gasteiger partial charge is 0.269 e. The highest BCUT2D eigenvalue weighted by atomic mass is 16.5. The van der Waals surface area contributed by atoms with Gasteiger partial charge in [0.25, 0.3) is 17.7 Å². The number of anilines is 1. The van der Waals surface area contributed by atoms with Gasteiger partial charge in [0.2, 0.25) is 0 Å². The van der Waals surface area contributed by atoms with Crippen molar-refractivity contribution in [2.24, 2.45) is 0 Å². The fourth-order valence-corrected chi connectivity index (χ4v) is 2.95. The summed E-state index contributed by atoms with van der Waals surface area (Å²) < 4.78 is 11.0. The Balaban J connectivity index is 1.49. The number of benzene rings is 2. The Labute approximate surface area is 175 Å². The number of fused-ring (bicyclic) bond motifs is 1. The highest BCUT2D eigenvalue weighted by molar-refractivity contribution is 6.02. The first-order chi connectivity index (χ1) is 14.6. The second-order valence-corrected chi connectivity index (χ2v) is 6.82. The number of unbranched alkanes of at least 4 members (excludes halogenated alkanes) is 2. The molecule has 30 heavy (non-hydrogen) atoms. The van der Waals surface area contributed by atoms with Crippen LogP contribution >= 0.6 is 0 Å². The van der Waals surface area contributed by atoms with E-state index in [1.807, 2.05) is 0 Å². The van der Waals surface area contributed by atoms with Crippen LogP contribution < -0.4 is 25.2 Å². The van der Waals surface area contributed by atoms with Gasteiger partial charge < -0.3 is 9.47 Å². The third kappa shape index (κ3) is 5.50. The lowest BCUT2D eigenvalue weighted by Crippen LogP contribution is -2.49. The molecule has 1 aliphatic rings. The summed E-state index contributed by atoms with van der Waals surface area (Å²) in [4.78, 5) is 37.9. The van der Waals surface area contributed by atoms with Gasteiger partial charge in [-0.05, 0) is 42.8 Å². The summed E-state index contributed by atoms with van der Waals surface area (Å²) in [5, 5.41) is 0. The number of ether oxygens (including phenoxy) is 2. The van der Waals surface area contributed by atoms with E-state index in [0.29, 0.717) is 29.4 Å². The lowest BCUT2D eigenvalue weighted by Gasteiger charge is -2.28. The zero-order valence-electron chi connectivity index (χ0n) is 16.8. The highest BCUT2D eigenvalue weighted by Crippen LogP contribution is 2.31. The van der Waals surface area contributed by atoms with Crippen LogP contribution in [0.25, 0.3) is 0 Å². The summed E-state index contributed by atoms with van der Waals surface area (Å²) in [6.07, 6.45) is 3.23. The molecule has 8 heteroatoms. The molecule has 0 saturated carbocycles. The van der Waals surface area contributed by atoms with Crippen LogP contribution in [-0.4, -0.2) is 37.5 Å². The SMILES string of the molecule is CCCCCOc1ccc(C(=O)NNC(=O)CN2C(=O)COc3ccccc32)cc1. The lowest BCUT2D eigenvalue weighted by atomic mass is 10.2. The van der Waals surface area contributed by atoms with Crippen molar-refractivity contribution in [2.45, 2.75) is 26.2 Å². The molecule has 0 atom stereocenters. The Morgan fingerprint density at radius 3 is 2.60 bits per heavy atom. The summed E-state index contributed by atoms with van der Waals surface area (Å²) >= 11 is 0. The predicted octanol–water partition coefficient (Wildman–Crippen LogP) is 2.44. The van der Waals surface area contributed by atoms with E-state index in [9.17, 15) is 14.4 Å². The van der Waals surface area contributed by atoms with Gasteiger partial charge in [0.05, 0.1) is 12.3 Å². The number of para-hydroxylation sites is 2. The van der Waals surface area contributed by atoms with Crippen molar-refractivity contribution in [2.75, 3.05) is 24.7 Å². The molecule has 2 aromatic rings. The minimum absolute atomic E-state index is 0.135. The highest BCUT2D eigenvalue weighted by Gasteiger charge is 2.27. The van der Waals surface area contributed by atoms with Crippen LogP contribution in [0.5, 0.6) is 11.5 Å². The normalized spacial score (nSPS) is 12.6. The van der Waals surface area contributed by atoms with E-state index in [1.165, 1.54) is 4.90 Å². The third-order valence-electron chi connectivity index (χ3n) is 4.56. The van der Waals surface area contributed by atoms with Crippen molar-refractivity contribution in [3.63, 3.8) is 0 Å². The average Bonchev–Trinajstić information content (AvgIpc) is 2.77. The van der Waals surface area contributed by atoms with Crippen molar-refractivity contribution < 1.29 is 23.9 Å². The summed E-state index contributed by atoms with van der Waals surface area (Å²) in [5.41, 5.74) is 5.59. The first kappa shape index (κ1) is 21.2. The van der Waals surface area contributed by atoms with Gasteiger partial charge in [0.15, 0.2) is 6.61 Å². The van der Waals surface area contributed by atoms with E-state index in [0.717, 1.165) is 19.3 Å². The molecule has 0 aromatic heterocycles. The van der Waals surface area contributed by atoms with E-state index < -0.39 is 11.8 Å². The van der Waals surface area contributed by atoms with E-state index in [1.54, 1.807) is 48.5 Å². The number of nitrogens with one attached hydrogen (secondary N) is 2. The molecule has 3 amide bonds. The van der Waals surface area contributed by atoms with Crippen molar-refractivity contribution in [3.8, 4) is 11.5 Å². The summed E-state index contributed by atoms with van der Waals surface area (Å²) in [7, 11) is 0. The number of rotatable bonds is 8. The maximum atomic E-state index is 12.2. The Bertz CT molecular complexity index is 898. The molecular formula is C22H25N3O5. The number of hydrogen-bond acceptors (Lipinski definition) is 5. The fourth-order valence-electron chi connectivity index (χ4n) is 2.95. The molecular weight excluding hydrogens is 386 g/mol. The molecule has 3 rings (SSSR count). The van der Waals surface area contributed by atoms with Gasteiger partial charge in [-0.25, -0.2) is 0 Å². The van der Waals surface area contributed by atoms with Gasteiger partial charge in [-0.15, -0.1) is 0 Å². The van der Waals surface area contributed by atoms with Crippen LogP contribution in [0.1, 0.15) is 36.5 Å². The van der Waals surface area contributed by atoms with E-state index in [-0.39, 0.29) is 19.1 Å². The van der Waals surface area contributed by atoms with E-state index in [2.05, 4.69) is 17.8 Å². The minimum atomic E-state index is -0.524. The van der Waals surface area contributed by atoms with E-state index in [4.69, 9.17) is 9.47 Å². The van der Waals surface area contributed by atoms with Gasteiger partial charge in [-0.2, -0.15) is 0 Å². The second kappa shape index (κ2) is 10.3. The molecule has 0 saturated heterocycles. The Hall–Kier alpha value is -3.55. The van der Waals surface area contributed by atoms with Gasteiger partial charge >= 0.3 is 0 Å². The Kier molecular flexibility index (Phi) is 7.26. The number of carbonyl (C=O) groups is 3. The van der Waals surface area contributed by atoms with Crippen LogP contribution in [-0.2, 0) is 9.59 Å². The predicted molar refractivity (Wildman–Crippen MR) is 111 cm³/mol. The van der Waals surface area contributed by atoms with Crippen LogP contribution in [0, 0.1) is 0 Å². The van der Waals surface area contributed by atoms with Crippen LogP contribution in [0.4, 0.5) is 5.69 Å². The largest absolute Gasteiger partial charge is 0.494 e. The molecule has 0 spiro atoms. The van der Waals surface area contributed by atoms with Crippen molar-refractivity contribution in [1.29, 1.82) is 0 Å². The average molecular weight is 411 g/mol. The Morgan fingerprint density at radius 1 is 1.07 bits per heavy atom. The quantitative estimate of drug-likeness (QED) is 0.514. The number of nitrogens with zero attached hydrogens (tertiary/aromatic N) is 1.